The van der Waals surface area contributed by atoms with Crippen molar-refractivity contribution in [3.05, 3.63) is 53.1 Å². The zero-order chi connectivity index (χ0) is 29.1. The van der Waals surface area contributed by atoms with Gasteiger partial charge in [-0.1, -0.05) is 26.0 Å². The van der Waals surface area contributed by atoms with Gasteiger partial charge < -0.3 is 41.3 Å². The quantitative estimate of drug-likeness (QED) is 0.227. The first-order valence-corrected chi connectivity index (χ1v) is 13.6. The number of hydrogen-bond donors (Lipinski definition) is 8. The van der Waals surface area contributed by atoms with Gasteiger partial charge in [0.1, 0.15) is 17.5 Å². The fraction of sp³-hybridized carbons (Fsp3) is 0.481. The van der Waals surface area contributed by atoms with E-state index in [1.165, 1.54) is 12.4 Å². The number of aromatic nitrogens is 2. The number of ether oxygens (including phenoxy) is 1. The average Bonchev–Trinajstić information content (AvgIpc) is 3.43. The SMILES string of the molecule is Cc1cnc(C(=O)NC[C@@H]2NC(=N)N3CC(NC(=O)c4cccc5c4OCCC5(C)C)[C@@H](O)C34NC(=N)NC24)cn1. The van der Waals surface area contributed by atoms with E-state index < -0.39 is 35.8 Å². The molecule has 4 aliphatic rings. The van der Waals surface area contributed by atoms with Gasteiger partial charge in [0.2, 0.25) is 0 Å². The highest BCUT2D eigenvalue weighted by Gasteiger charge is 2.66. The van der Waals surface area contributed by atoms with Crippen LogP contribution in [0.3, 0.4) is 0 Å². The number of para-hydroxylation sites is 1. The number of rotatable bonds is 5. The Labute approximate surface area is 236 Å². The predicted molar refractivity (Wildman–Crippen MR) is 148 cm³/mol. The first-order chi connectivity index (χ1) is 19.5. The summed E-state index contributed by atoms with van der Waals surface area (Å²) in [7, 11) is 0. The fourth-order valence-corrected chi connectivity index (χ4v) is 6.30. The summed E-state index contributed by atoms with van der Waals surface area (Å²) in [4.78, 5) is 36.0. The monoisotopic (exact) mass is 562 g/mol. The minimum atomic E-state index is -1.30. The molecule has 4 aliphatic heterocycles. The van der Waals surface area contributed by atoms with E-state index in [0.717, 1.165) is 12.0 Å². The van der Waals surface area contributed by atoms with Gasteiger partial charge in [0, 0.05) is 24.8 Å². The Morgan fingerprint density at radius 3 is 2.76 bits per heavy atom. The second-order valence-electron chi connectivity index (χ2n) is 11.6. The van der Waals surface area contributed by atoms with Crippen molar-refractivity contribution in [3.8, 4) is 5.75 Å². The van der Waals surface area contributed by atoms with Gasteiger partial charge in [0.25, 0.3) is 11.8 Å². The Morgan fingerprint density at radius 2 is 2.00 bits per heavy atom. The van der Waals surface area contributed by atoms with Crippen LogP contribution in [0.15, 0.2) is 30.6 Å². The number of amides is 2. The molecule has 41 heavy (non-hydrogen) atoms. The van der Waals surface area contributed by atoms with Gasteiger partial charge in [0.05, 0.1) is 42.2 Å². The molecular formula is C27H34N10O4. The van der Waals surface area contributed by atoms with Crippen molar-refractivity contribution in [3.63, 3.8) is 0 Å². The molecule has 1 aromatic heterocycles. The lowest BCUT2D eigenvalue weighted by atomic mass is 9.79. The van der Waals surface area contributed by atoms with Crippen LogP contribution in [-0.2, 0) is 5.41 Å². The fourth-order valence-electron chi connectivity index (χ4n) is 6.30. The average molecular weight is 563 g/mol. The van der Waals surface area contributed by atoms with Gasteiger partial charge in [0.15, 0.2) is 17.6 Å². The van der Waals surface area contributed by atoms with Crippen LogP contribution in [-0.4, -0.2) is 93.3 Å². The Balaban J connectivity index is 1.22. The highest BCUT2D eigenvalue weighted by atomic mass is 16.5. The van der Waals surface area contributed by atoms with Gasteiger partial charge in [-0.25, -0.2) is 4.98 Å². The Bertz CT molecular complexity index is 1430. The maximum atomic E-state index is 13.5. The summed E-state index contributed by atoms with van der Waals surface area (Å²) in [5.41, 5.74) is 0.751. The lowest BCUT2D eigenvalue weighted by molar-refractivity contribution is 0.00611. The molecule has 3 fully saturated rings. The number of aryl methyl sites for hydroxylation is 1. The topological polar surface area (TPSA) is 200 Å². The van der Waals surface area contributed by atoms with E-state index in [0.29, 0.717) is 23.6 Å². The molecule has 14 heteroatoms. The molecule has 8 N–H and O–H groups in total. The minimum absolute atomic E-state index is 0.00222. The summed E-state index contributed by atoms with van der Waals surface area (Å²) in [6.07, 6.45) is 2.53. The van der Waals surface area contributed by atoms with Gasteiger partial charge in [-0.05, 0) is 24.8 Å². The number of carbonyl (C=O) groups excluding carboxylic acids is 2. The smallest absolute Gasteiger partial charge is 0.271 e. The number of guanidine groups is 2. The molecule has 3 saturated heterocycles. The van der Waals surface area contributed by atoms with Crippen molar-refractivity contribution in [1.29, 1.82) is 10.8 Å². The van der Waals surface area contributed by atoms with Gasteiger partial charge in [-0.2, -0.15) is 0 Å². The van der Waals surface area contributed by atoms with Crippen molar-refractivity contribution in [2.24, 2.45) is 0 Å². The molecule has 0 bridgehead atoms. The van der Waals surface area contributed by atoms with Crippen molar-refractivity contribution in [1.82, 2.24) is 41.5 Å². The third kappa shape index (κ3) is 4.29. The number of benzene rings is 1. The Morgan fingerprint density at radius 1 is 1.20 bits per heavy atom. The molecule has 5 atom stereocenters. The van der Waals surface area contributed by atoms with Crippen LogP contribution >= 0.6 is 0 Å². The van der Waals surface area contributed by atoms with Gasteiger partial charge in [-0.3, -0.25) is 25.4 Å². The van der Waals surface area contributed by atoms with E-state index in [4.69, 9.17) is 15.6 Å². The maximum Gasteiger partial charge on any atom is 0.271 e. The number of nitrogens with one attached hydrogen (secondary N) is 7. The molecule has 3 unspecified atom stereocenters. The third-order valence-electron chi connectivity index (χ3n) is 8.53. The molecule has 2 amide bonds. The number of carbonyl (C=O) groups is 2. The van der Waals surface area contributed by atoms with Crippen LogP contribution in [0.25, 0.3) is 0 Å². The van der Waals surface area contributed by atoms with E-state index in [1.54, 1.807) is 17.9 Å². The largest absolute Gasteiger partial charge is 0.492 e. The van der Waals surface area contributed by atoms with E-state index >= 15 is 0 Å². The molecule has 0 saturated carbocycles. The molecule has 0 aliphatic carbocycles. The first kappa shape index (κ1) is 26.7. The van der Waals surface area contributed by atoms with E-state index in [2.05, 4.69) is 50.4 Å². The summed E-state index contributed by atoms with van der Waals surface area (Å²) < 4.78 is 5.92. The molecule has 2 aromatic rings. The molecule has 14 nitrogen and oxygen atoms in total. The van der Waals surface area contributed by atoms with Crippen molar-refractivity contribution in [2.75, 3.05) is 19.7 Å². The third-order valence-corrected chi connectivity index (χ3v) is 8.53. The van der Waals surface area contributed by atoms with E-state index in [-0.39, 0.29) is 42.0 Å². The lowest BCUT2D eigenvalue weighted by Gasteiger charge is -2.49. The van der Waals surface area contributed by atoms with Crippen LogP contribution in [0.5, 0.6) is 5.75 Å². The molecule has 6 rings (SSSR count). The summed E-state index contributed by atoms with van der Waals surface area (Å²) in [6.45, 7) is 6.71. The van der Waals surface area contributed by atoms with Crippen LogP contribution in [0.4, 0.5) is 0 Å². The number of aliphatic hydroxyl groups excluding tert-OH is 1. The van der Waals surface area contributed by atoms with Crippen molar-refractivity contribution in [2.45, 2.75) is 62.5 Å². The minimum Gasteiger partial charge on any atom is -0.492 e. The molecular weight excluding hydrogens is 528 g/mol. The molecule has 1 spiro atoms. The zero-order valence-electron chi connectivity index (χ0n) is 23.0. The Hall–Kier alpha value is -4.46. The van der Waals surface area contributed by atoms with Crippen LogP contribution in [0, 0.1) is 17.7 Å². The lowest BCUT2D eigenvalue weighted by Crippen LogP contribution is -2.78. The van der Waals surface area contributed by atoms with Gasteiger partial charge in [-0.15, -0.1) is 0 Å². The number of fused-ring (bicyclic) bond motifs is 1. The molecule has 5 heterocycles. The standard InChI is InChI=1S/C27H34N10O4/c1-13-9-31-17(11-30-13)23(40)32-10-16-20-27(36-24(28)35-20)21(38)18(12-37(27)25(29)34-16)33-22(39)14-5-4-6-15-19(14)41-8-7-26(15,2)3/h4-6,9,11,16,18,20-21,38H,7-8,10,12H2,1-3H3,(H2,29,34)(H,32,40)(H,33,39)(H3,28,35,36)/t16-,18?,20?,21+,27?/m0/s1. The van der Waals surface area contributed by atoms with Crippen LogP contribution in [0.1, 0.15) is 52.4 Å². The van der Waals surface area contributed by atoms with Gasteiger partial charge >= 0.3 is 0 Å². The number of aliphatic hydroxyl groups is 1. The van der Waals surface area contributed by atoms with Crippen LogP contribution in [0.2, 0.25) is 0 Å². The second-order valence-corrected chi connectivity index (χ2v) is 11.6. The Kier molecular flexibility index (Phi) is 6.25. The maximum absolute atomic E-state index is 13.5. The molecule has 1 aromatic carbocycles. The normalized spacial score (nSPS) is 29.1. The second kappa shape index (κ2) is 9.58. The highest BCUT2D eigenvalue weighted by molar-refractivity contribution is 5.98. The van der Waals surface area contributed by atoms with E-state index in [9.17, 15) is 14.7 Å². The summed E-state index contributed by atoms with van der Waals surface area (Å²) >= 11 is 0. The number of hydrogen-bond acceptors (Lipinski definition) is 8. The highest BCUT2D eigenvalue weighted by Crippen LogP contribution is 2.41. The predicted octanol–water partition coefficient (Wildman–Crippen LogP) is -0.851. The van der Waals surface area contributed by atoms with Crippen LogP contribution < -0.4 is 31.3 Å². The summed E-state index contributed by atoms with van der Waals surface area (Å²) in [6, 6.07) is 3.54. The first-order valence-electron chi connectivity index (χ1n) is 13.6. The van der Waals surface area contributed by atoms with Crippen molar-refractivity contribution < 1.29 is 19.4 Å². The zero-order valence-corrected chi connectivity index (χ0v) is 23.0. The number of nitrogens with zero attached hydrogens (tertiary/aromatic N) is 3. The van der Waals surface area contributed by atoms with Crippen molar-refractivity contribution >= 4 is 23.7 Å². The molecule has 0 radical (unpaired) electrons. The van der Waals surface area contributed by atoms with E-state index in [1.807, 2.05) is 12.1 Å². The summed E-state index contributed by atoms with van der Waals surface area (Å²) in [5.74, 6) is -0.306. The summed E-state index contributed by atoms with van der Waals surface area (Å²) in [5, 5.41) is 43.6. The molecule has 216 valence electrons.